The number of rotatable bonds is 6. The number of urea groups is 1. The number of esters is 1. The Labute approximate surface area is 149 Å². The molecule has 1 aromatic heterocycles. The Morgan fingerprint density at radius 2 is 1.88 bits per heavy atom. The second kappa shape index (κ2) is 8.32. The van der Waals surface area contributed by atoms with Gasteiger partial charge in [-0.3, -0.25) is 19.5 Å². The summed E-state index contributed by atoms with van der Waals surface area (Å²) in [4.78, 5) is 47.0. The van der Waals surface area contributed by atoms with Crippen LogP contribution in [0.2, 0.25) is 0 Å². The highest BCUT2D eigenvalue weighted by atomic mass is 16.5. The minimum Gasteiger partial charge on any atom is -0.452 e. The molecule has 9 heteroatoms. The highest BCUT2D eigenvalue weighted by Crippen LogP contribution is 2.12. The smallest absolute Gasteiger partial charge is 0.419 e. The summed E-state index contributed by atoms with van der Waals surface area (Å²) < 4.78 is 11.4. The largest absolute Gasteiger partial charge is 0.452 e. The number of imide groups is 1. The number of nitrogens with zero attached hydrogens (tertiary/aromatic N) is 1. The highest BCUT2D eigenvalue weighted by Gasteiger charge is 2.20. The second-order valence-electron chi connectivity index (χ2n) is 5.99. The third kappa shape index (κ3) is 4.95. The average molecular weight is 363 g/mol. The number of aromatic nitrogens is 1. The Kier molecular flexibility index (Phi) is 6.16. The summed E-state index contributed by atoms with van der Waals surface area (Å²) in [5.41, 5.74) is 0.997. The van der Waals surface area contributed by atoms with Crippen LogP contribution in [0.4, 0.5) is 4.79 Å². The van der Waals surface area contributed by atoms with Crippen LogP contribution >= 0.6 is 0 Å². The first-order chi connectivity index (χ1) is 12.3. The lowest BCUT2D eigenvalue weighted by Gasteiger charge is -2.14. The fourth-order valence-electron chi connectivity index (χ4n) is 2.25. The molecule has 26 heavy (non-hydrogen) atoms. The van der Waals surface area contributed by atoms with Gasteiger partial charge in [0.2, 0.25) is 0 Å². The van der Waals surface area contributed by atoms with E-state index in [9.17, 15) is 19.2 Å². The number of amides is 3. The molecule has 1 heterocycles. The molecule has 2 N–H and O–H groups in total. The van der Waals surface area contributed by atoms with Crippen LogP contribution in [0.3, 0.4) is 0 Å². The Bertz CT molecular complexity index is 867. The Morgan fingerprint density at radius 1 is 1.19 bits per heavy atom. The predicted molar refractivity (Wildman–Crippen MR) is 92.5 cm³/mol. The summed E-state index contributed by atoms with van der Waals surface area (Å²) in [7, 11) is 0. The van der Waals surface area contributed by atoms with Crippen LogP contribution in [0.15, 0.2) is 33.5 Å². The molecule has 0 bridgehead atoms. The molecule has 0 spiro atoms. The van der Waals surface area contributed by atoms with Crippen LogP contribution in [0.5, 0.6) is 0 Å². The average Bonchev–Trinajstić information content (AvgIpc) is 2.87. The van der Waals surface area contributed by atoms with Crippen molar-refractivity contribution >= 4 is 29.0 Å². The molecule has 0 unspecified atom stereocenters. The topological polar surface area (TPSA) is 120 Å². The molecule has 0 aliphatic carbocycles. The molecule has 2 aromatic rings. The number of para-hydroxylation sites is 2. The minimum atomic E-state index is -1.14. The van der Waals surface area contributed by atoms with E-state index in [2.05, 4.69) is 10.6 Å². The van der Waals surface area contributed by atoms with Crippen molar-refractivity contribution in [3.63, 3.8) is 0 Å². The number of ether oxygens (including phenoxy) is 1. The summed E-state index contributed by atoms with van der Waals surface area (Å²) >= 11 is 0. The van der Waals surface area contributed by atoms with Crippen molar-refractivity contribution in [2.45, 2.75) is 45.9 Å². The maximum absolute atomic E-state index is 11.9. The van der Waals surface area contributed by atoms with Crippen LogP contribution in [-0.2, 0) is 20.9 Å². The predicted octanol–water partition coefficient (Wildman–Crippen LogP) is 1.15. The number of benzene rings is 1. The third-order valence-electron chi connectivity index (χ3n) is 3.45. The standard InChI is InChI=1S/C17H21N3O6/c1-10(2)18-16(23)19-15(22)11(3)25-14(21)8-9-20-12-6-4-5-7-13(12)26-17(20)24/h4-7,10-11H,8-9H2,1-3H3,(H2,18,19,22,23)/t11-/m0/s1. The lowest BCUT2D eigenvalue weighted by molar-refractivity contribution is -0.154. The first-order valence-corrected chi connectivity index (χ1v) is 8.17. The number of aryl methyl sites for hydroxylation is 1. The van der Waals surface area contributed by atoms with E-state index in [1.54, 1.807) is 38.1 Å². The Morgan fingerprint density at radius 3 is 2.58 bits per heavy atom. The number of carbonyl (C=O) groups excluding carboxylic acids is 3. The first-order valence-electron chi connectivity index (χ1n) is 8.17. The highest BCUT2D eigenvalue weighted by molar-refractivity contribution is 5.97. The van der Waals surface area contributed by atoms with Gasteiger partial charge in [0.1, 0.15) is 0 Å². The van der Waals surface area contributed by atoms with Crippen molar-refractivity contribution in [2.75, 3.05) is 0 Å². The molecule has 0 aliphatic heterocycles. The fourth-order valence-corrected chi connectivity index (χ4v) is 2.25. The molecule has 1 aromatic carbocycles. The van der Waals surface area contributed by atoms with Crippen molar-refractivity contribution in [3.8, 4) is 0 Å². The summed E-state index contributed by atoms with van der Waals surface area (Å²) in [6, 6.07) is 6.04. The van der Waals surface area contributed by atoms with Crippen LogP contribution < -0.4 is 16.4 Å². The Balaban J connectivity index is 1.88. The monoisotopic (exact) mass is 363 g/mol. The molecule has 0 radical (unpaired) electrons. The molecule has 0 saturated heterocycles. The zero-order valence-corrected chi connectivity index (χ0v) is 14.8. The van der Waals surface area contributed by atoms with Gasteiger partial charge >= 0.3 is 17.8 Å². The number of carbonyl (C=O) groups is 3. The SMILES string of the molecule is CC(C)NC(=O)NC(=O)[C@H](C)OC(=O)CCn1c(=O)oc2ccccc21. The van der Waals surface area contributed by atoms with E-state index in [4.69, 9.17) is 9.15 Å². The molecular formula is C17H21N3O6. The van der Waals surface area contributed by atoms with E-state index in [1.165, 1.54) is 11.5 Å². The molecular weight excluding hydrogens is 342 g/mol. The van der Waals surface area contributed by atoms with Gasteiger partial charge in [-0.1, -0.05) is 12.1 Å². The number of hydrogen-bond acceptors (Lipinski definition) is 6. The van der Waals surface area contributed by atoms with E-state index in [0.29, 0.717) is 11.1 Å². The van der Waals surface area contributed by atoms with Crippen molar-refractivity contribution < 1.29 is 23.5 Å². The molecule has 0 saturated carbocycles. The van der Waals surface area contributed by atoms with Crippen LogP contribution in [0, 0.1) is 0 Å². The van der Waals surface area contributed by atoms with Gasteiger partial charge in [-0.15, -0.1) is 0 Å². The molecule has 140 valence electrons. The lowest BCUT2D eigenvalue weighted by Crippen LogP contribution is -2.46. The molecule has 1 atom stereocenters. The van der Waals surface area contributed by atoms with Crippen molar-refractivity contribution in [2.24, 2.45) is 0 Å². The summed E-state index contributed by atoms with van der Waals surface area (Å²) in [5.74, 6) is -1.98. The third-order valence-corrected chi connectivity index (χ3v) is 3.45. The summed E-state index contributed by atoms with van der Waals surface area (Å²) in [6.45, 7) is 4.90. The maximum Gasteiger partial charge on any atom is 0.419 e. The van der Waals surface area contributed by atoms with E-state index < -0.39 is 29.8 Å². The number of oxazole rings is 1. The zero-order chi connectivity index (χ0) is 19.3. The molecule has 9 nitrogen and oxygen atoms in total. The van der Waals surface area contributed by atoms with Gasteiger partial charge in [0.15, 0.2) is 11.7 Å². The lowest BCUT2D eigenvalue weighted by atomic mass is 10.3. The van der Waals surface area contributed by atoms with Gasteiger partial charge < -0.3 is 14.5 Å². The second-order valence-corrected chi connectivity index (χ2v) is 5.99. The van der Waals surface area contributed by atoms with Gasteiger partial charge in [-0.25, -0.2) is 9.59 Å². The fraction of sp³-hybridized carbons (Fsp3) is 0.412. The normalized spacial score (nSPS) is 12.0. The van der Waals surface area contributed by atoms with Gasteiger partial charge in [-0.2, -0.15) is 0 Å². The van der Waals surface area contributed by atoms with E-state index in [1.807, 2.05) is 0 Å². The van der Waals surface area contributed by atoms with Gasteiger partial charge in [0.25, 0.3) is 5.91 Å². The number of hydrogen-bond donors (Lipinski definition) is 2. The van der Waals surface area contributed by atoms with E-state index >= 15 is 0 Å². The minimum absolute atomic E-state index is 0.0524. The van der Waals surface area contributed by atoms with Crippen molar-refractivity contribution in [1.82, 2.24) is 15.2 Å². The molecule has 2 rings (SSSR count). The van der Waals surface area contributed by atoms with E-state index in [-0.39, 0.29) is 19.0 Å². The molecule has 3 amide bonds. The van der Waals surface area contributed by atoms with Gasteiger partial charge in [0.05, 0.1) is 11.9 Å². The van der Waals surface area contributed by atoms with E-state index in [0.717, 1.165) is 0 Å². The Hall–Kier alpha value is -3.10. The molecule has 0 fully saturated rings. The van der Waals surface area contributed by atoms with Crippen molar-refractivity contribution in [3.05, 3.63) is 34.8 Å². The first kappa shape index (κ1) is 19.2. The van der Waals surface area contributed by atoms with Gasteiger partial charge in [-0.05, 0) is 32.9 Å². The van der Waals surface area contributed by atoms with Crippen LogP contribution in [0.25, 0.3) is 11.1 Å². The van der Waals surface area contributed by atoms with Crippen LogP contribution in [0.1, 0.15) is 27.2 Å². The van der Waals surface area contributed by atoms with Crippen molar-refractivity contribution in [1.29, 1.82) is 0 Å². The van der Waals surface area contributed by atoms with Crippen LogP contribution in [-0.4, -0.2) is 34.6 Å². The number of fused-ring (bicyclic) bond motifs is 1. The van der Waals surface area contributed by atoms with Gasteiger partial charge in [0, 0.05) is 12.6 Å². The zero-order valence-electron chi connectivity index (χ0n) is 14.8. The number of nitrogens with one attached hydrogen (secondary N) is 2. The summed E-state index contributed by atoms with van der Waals surface area (Å²) in [6.07, 6.45) is -1.27. The quantitative estimate of drug-likeness (QED) is 0.743. The summed E-state index contributed by atoms with van der Waals surface area (Å²) in [5, 5.41) is 4.57. The molecule has 0 aliphatic rings. The maximum atomic E-state index is 11.9.